The lowest BCUT2D eigenvalue weighted by Crippen LogP contribution is -2.38. The van der Waals surface area contributed by atoms with Crippen LogP contribution in [0.3, 0.4) is 0 Å². The van der Waals surface area contributed by atoms with Gasteiger partial charge in [-0.3, -0.25) is 10.2 Å². The van der Waals surface area contributed by atoms with Crippen LogP contribution in [0.1, 0.15) is 29.5 Å². The van der Waals surface area contributed by atoms with E-state index in [-0.39, 0.29) is 12.0 Å². The Bertz CT molecular complexity index is 445. The number of aryl methyl sites for hydroxylation is 2. The Hall–Kier alpha value is -1.39. The van der Waals surface area contributed by atoms with E-state index in [1.54, 1.807) is 0 Å². The van der Waals surface area contributed by atoms with Gasteiger partial charge in [-0.25, -0.2) is 5.43 Å². The number of benzene rings is 1. The van der Waals surface area contributed by atoms with Crippen LogP contribution in [-0.4, -0.2) is 23.2 Å². The van der Waals surface area contributed by atoms with Crippen molar-refractivity contribution in [1.82, 2.24) is 10.9 Å². The molecule has 1 aliphatic rings. The molecule has 0 amide bonds. The highest BCUT2D eigenvalue weighted by Gasteiger charge is 2.38. The minimum absolute atomic E-state index is 0.0354. The molecule has 4 nitrogen and oxygen atoms in total. The molecular weight excluding hydrogens is 216 g/mol. The third kappa shape index (κ3) is 2.18. The molecule has 3 N–H and O–H groups in total. The molecule has 0 radical (unpaired) electrons. The molecule has 1 aromatic rings. The molecule has 4 heteroatoms. The predicted molar refractivity (Wildman–Crippen MR) is 65.8 cm³/mol. The van der Waals surface area contributed by atoms with Gasteiger partial charge in [0.1, 0.15) is 6.04 Å². The maximum Gasteiger partial charge on any atom is 0.322 e. The summed E-state index contributed by atoms with van der Waals surface area (Å²) >= 11 is 0. The SMILES string of the molecule is Cc1ccc(C2C(C)NNC2C(=O)O)cc1C. The van der Waals surface area contributed by atoms with E-state index in [4.69, 9.17) is 0 Å². The van der Waals surface area contributed by atoms with E-state index in [0.29, 0.717) is 0 Å². The van der Waals surface area contributed by atoms with Crippen LogP contribution in [0.4, 0.5) is 0 Å². The second-order valence-corrected chi connectivity index (χ2v) is 4.76. The molecule has 17 heavy (non-hydrogen) atoms. The number of hydrogen-bond acceptors (Lipinski definition) is 3. The Morgan fingerprint density at radius 2 is 1.94 bits per heavy atom. The second-order valence-electron chi connectivity index (χ2n) is 4.76. The zero-order chi connectivity index (χ0) is 12.6. The minimum atomic E-state index is -0.815. The van der Waals surface area contributed by atoms with Crippen molar-refractivity contribution in [2.45, 2.75) is 38.8 Å². The van der Waals surface area contributed by atoms with E-state index < -0.39 is 12.0 Å². The fourth-order valence-electron chi connectivity index (χ4n) is 2.36. The topological polar surface area (TPSA) is 61.4 Å². The first-order valence-corrected chi connectivity index (χ1v) is 5.81. The van der Waals surface area contributed by atoms with Gasteiger partial charge in [0, 0.05) is 12.0 Å². The molecule has 0 saturated carbocycles. The molecule has 0 aromatic heterocycles. The van der Waals surface area contributed by atoms with Gasteiger partial charge in [0.25, 0.3) is 0 Å². The van der Waals surface area contributed by atoms with Crippen LogP contribution in [0.25, 0.3) is 0 Å². The number of nitrogens with one attached hydrogen (secondary N) is 2. The standard InChI is InChI=1S/C13H18N2O2/c1-7-4-5-10(6-8(7)2)11-9(3)14-15-12(11)13(16)17/h4-6,9,11-12,14-15H,1-3H3,(H,16,17). The summed E-state index contributed by atoms with van der Waals surface area (Å²) in [7, 11) is 0. The third-order valence-corrected chi connectivity index (χ3v) is 3.55. The van der Waals surface area contributed by atoms with Gasteiger partial charge in [-0.05, 0) is 37.5 Å². The zero-order valence-electron chi connectivity index (χ0n) is 10.3. The number of rotatable bonds is 2. The highest BCUT2D eigenvalue weighted by atomic mass is 16.4. The van der Waals surface area contributed by atoms with Crippen molar-refractivity contribution >= 4 is 5.97 Å². The van der Waals surface area contributed by atoms with Crippen LogP contribution in [0.15, 0.2) is 18.2 Å². The highest BCUT2D eigenvalue weighted by molar-refractivity contribution is 5.75. The number of carboxylic acids is 1. The molecule has 1 saturated heterocycles. The summed E-state index contributed by atoms with van der Waals surface area (Å²) < 4.78 is 0. The Balaban J connectivity index is 2.36. The van der Waals surface area contributed by atoms with Gasteiger partial charge in [0.2, 0.25) is 0 Å². The maximum absolute atomic E-state index is 11.2. The average molecular weight is 234 g/mol. The van der Waals surface area contributed by atoms with Crippen molar-refractivity contribution < 1.29 is 9.90 Å². The number of aliphatic carboxylic acids is 1. The summed E-state index contributed by atoms with van der Waals surface area (Å²) in [5.74, 6) is -0.850. The Labute approximate surface area is 101 Å². The molecule has 3 atom stereocenters. The molecule has 3 unspecified atom stereocenters. The van der Waals surface area contributed by atoms with Crippen molar-refractivity contribution in [3.63, 3.8) is 0 Å². The smallest absolute Gasteiger partial charge is 0.322 e. The third-order valence-electron chi connectivity index (χ3n) is 3.55. The minimum Gasteiger partial charge on any atom is -0.480 e. The van der Waals surface area contributed by atoms with Gasteiger partial charge in [-0.1, -0.05) is 18.2 Å². The molecule has 1 heterocycles. The second kappa shape index (κ2) is 4.47. The molecule has 0 bridgehead atoms. The molecule has 2 rings (SSSR count). The van der Waals surface area contributed by atoms with Crippen molar-refractivity contribution in [1.29, 1.82) is 0 Å². The van der Waals surface area contributed by atoms with Gasteiger partial charge in [0.15, 0.2) is 0 Å². The Kier molecular flexibility index (Phi) is 3.17. The van der Waals surface area contributed by atoms with E-state index in [0.717, 1.165) is 5.56 Å². The quantitative estimate of drug-likeness (QED) is 0.722. The van der Waals surface area contributed by atoms with Crippen molar-refractivity contribution in [3.8, 4) is 0 Å². The number of carboxylic acid groups (broad SMARTS) is 1. The van der Waals surface area contributed by atoms with Crippen LogP contribution in [0.5, 0.6) is 0 Å². The van der Waals surface area contributed by atoms with E-state index in [1.807, 2.05) is 13.0 Å². The summed E-state index contributed by atoms with van der Waals surface area (Å²) in [5.41, 5.74) is 9.34. The van der Waals surface area contributed by atoms with E-state index in [1.165, 1.54) is 11.1 Å². The number of hydrazine groups is 1. The van der Waals surface area contributed by atoms with Gasteiger partial charge >= 0.3 is 5.97 Å². The molecule has 1 fully saturated rings. The van der Waals surface area contributed by atoms with Crippen LogP contribution < -0.4 is 10.9 Å². The Morgan fingerprint density at radius 3 is 2.53 bits per heavy atom. The zero-order valence-corrected chi connectivity index (χ0v) is 10.3. The Morgan fingerprint density at radius 1 is 1.24 bits per heavy atom. The summed E-state index contributed by atoms with van der Waals surface area (Å²) in [6.07, 6.45) is 0. The van der Waals surface area contributed by atoms with Crippen molar-refractivity contribution in [2.24, 2.45) is 0 Å². The molecule has 0 spiro atoms. The van der Waals surface area contributed by atoms with Crippen LogP contribution in [0, 0.1) is 13.8 Å². The summed E-state index contributed by atoms with van der Waals surface area (Å²) in [6, 6.07) is 5.70. The van der Waals surface area contributed by atoms with Crippen LogP contribution >= 0.6 is 0 Å². The molecular formula is C13H18N2O2. The van der Waals surface area contributed by atoms with Crippen molar-refractivity contribution in [3.05, 3.63) is 34.9 Å². The molecule has 92 valence electrons. The summed E-state index contributed by atoms with van der Waals surface area (Å²) in [5, 5.41) is 9.18. The number of carbonyl (C=O) groups is 1. The number of hydrogen-bond donors (Lipinski definition) is 3. The van der Waals surface area contributed by atoms with Gasteiger partial charge < -0.3 is 5.11 Å². The first-order chi connectivity index (χ1) is 8.00. The first-order valence-electron chi connectivity index (χ1n) is 5.81. The van der Waals surface area contributed by atoms with E-state index >= 15 is 0 Å². The van der Waals surface area contributed by atoms with Gasteiger partial charge in [-0.15, -0.1) is 0 Å². The molecule has 0 aliphatic carbocycles. The van der Waals surface area contributed by atoms with Crippen LogP contribution in [0.2, 0.25) is 0 Å². The first kappa shape index (κ1) is 12.1. The molecule has 1 aliphatic heterocycles. The summed E-state index contributed by atoms with van der Waals surface area (Å²) in [6.45, 7) is 6.10. The van der Waals surface area contributed by atoms with Gasteiger partial charge in [-0.2, -0.15) is 0 Å². The maximum atomic E-state index is 11.2. The lowest BCUT2D eigenvalue weighted by Gasteiger charge is -2.19. The summed E-state index contributed by atoms with van der Waals surface area (Å²) in [4.78, 5) is 11.2. The average Bonchev–Trinajstić information content (AvgIpc) is 2.64. The van der Waals surface area contributed by atoms with E-state index in [9.17, 15) is 9.90 Å². The monoisotopic (exact) mass is 234 g/mol. The van der Waals surface area contributed by atoms with Gasteiger partial charge in [0.05, 0.1) is 0 Å². The van der Waals surface area contributed by atoms with Crippen molar-refractivity contribution in [2.75, 3.05) is 0 Å². The fourth-order valence-corrected chi connectivity index (χ4v) is 2.36. The lowest BCUT2D eigenvalue weighted by atomic mass is 9.86. The predicted octanol–water partition coefficient (Wildman–Crippen LogP) is 1.34. The van der Waals surface area contributed by atoms with E-state index in [2.05, 4.69) is 36.8 Å². The van der Waals surface area contributed by atoms with Crippen LogP contribution in [-0.2, 0) is 4.79 Å². The fraction of sp³-hybridized carbons (Fsp3) is 0.462. The highest BCUT2D eigenvalue weighted by Crippen LogP contribution is 2.28. The largest absolute Gasteiger partial charge is 0.480 e. The normalized spacial score (nSPS) is 28.3. The lowest BCUT2D eigenvalue weighted by molar-refractivity contribution is -0.139. The molecule has 1 aromatic carbocycles.